The monoisotopic (exact) mass is 281 g/mol. The Labute approximate surface area is 110 Å². The quantitative estimate of drug-likeness (QED) is 0.746. The summed E-state index contributed by atoms with van der Waals surface area (Å²) in [6.07, 6.45) is 4.32. The van der Waals surface area contributed by atoms with Gasteiger partial charge in [-0.2, -0.15) is 4.39 Å². The van der Waals surface area contributed by atoms with Crippen molar-refractivity contribution in [3.05, 3.63) is 47.5 Å². The van der Waals surface area contributed by atoms with Gasteiger partial charge in [0.05, 0.1) is 11.9 Å². The summed E-state index contributed by atoms with van der Waals surface area (Å²) in [6.45, 7) is 0. The van der Waals surface area contributed by atoms with Crippen molar-refractivity contribution in [3.8, 4) is 17.0 Å². The topological polar surface area (TPSA) is 50.4 Å². The fourth-order valence-electron chi connectivity index (χ4n) is 1.82. The number of imidazole rings is 1. The second kappa shape index (κ2) is 4.17. The highest BCUT2D eigenvalue weighted by molar-refractivity contribution is 6.32. The first kappa shape index (κ1) is 11.9. The van der Waals surface area contributed by atoms with Crippen molar-refractivity contribution >= 4 is 17.2 Å². The van der Waals surface area contributed by atoms with Crippen molar-refractivity contribution in [2.75, 3.05) is 0 Å². The van der Waals surface area contributed by atoms with Crippen LogP contribution in [-0.2, 0) is 0 Å². The van der Waals surface area contributed by atoms with Gasteiger partial charge in [-0.05, 0) is 12.1 Å². The zero-order chi connectivity index (χ0) is 13.6. The molecule has 2 heterocycles. The second-order valence-electron chi connectivity index (χ2n) is 3.82. The first-order chi connectivity index (χ1) is 9.09. The first-order valence-electron chi connectivity index (χ1n) is 5.24. The van der Waals surface area contributed by atoms with Crippen LogP contribution in [0.4, 0.5) is 8.78 Å². The maximum atomic E-state index is 13.8. The third-order valence-electron chi connectivity index (χ3n) is 2.72. The Kier molecular flexibility index (Phi) is 2.60. The molecule has 7 heteroatoms. The van der Waals surface area contributed by atoms with E-state index < -0.39 is 17.4 Å². The standard InChI is InChI=1S/C12H6ClF2N3O/c13-11-12-17-5-7(18(12)4-3-16-11)6-1-2-8(19)10(15)9(6)14/h1-5,19H. The summed E-state index contributed by atoms with van der Waals surface area (Å²) in [5.74, 6) is -3.18. The van der Waals surface area contributed by atoms with Crippen molar-refractivity contribution in [1.82, 2.24) is 14.4 Å². The van der Waals surface area contributed by atoms with Crippen molar-refractivity contribution in [1.29, 1.82) is 0 Å². The SMILES string of the molecule is Oc1ccc(-c2cnc3c(Cl)nccn23)c(F)c1F. The molecule has 0 saturated heterocycles. The Hall–Kier alpha value is -2.21. The molecule has 0 bridgehead atoms. The normalized spacial score (nSPS) is 11.1. The van der Waals surface area contributed by atoms with Crippen molar-refractivity contribution in [3.63, 3.8) is 0 Å². The van der Waals surface area contributed by atoms with Crippen LogP contribution in [0.2, 0.25) is 5.15 Å². The highest BCUT2D eigenvalue weighted by atomic mass is 35.5. The third-order valence-corrected chi connectivity index (χ3v) is 2.99. The number of aromatic hydroxyl groups is 1. The largest absolute Gasteiger partial charge is 0.505 e. The Balaban J connectivity index is 2.31. The number of rotatable bonds is 1. The maximum Gasteiger partial charge on any atom is 0.201 e. The van der Waals surface area contributed by atoms with Crippen LogP contribution in [0.1, 0.15) is 0 Å². The zero-order valence-electron chi connectivity index (χ0n) is 9.31. The molecule has 0 amide bonds. The minimum atomic E-state index is -1.30. The molecule has 3 aromatic rings. The van der Waals surface area contributed by atoms with Crippen LogP contribution in [0.15, 0.2) is 30.7 Å². The number of aromatic nitrogens is 3. The number of benzene rings is 1. The maximum absolute atomic E-state index is 13.8. The summed E-state index contributed by atoms with van der Waals surface area (Å²) in [4.78, 5) is 7.85. The van der Waals surface area contributed by atoms with E-state index in [1.165, 1.54) is 29.1 Å². The lowest BCUT2D eigenvalue weighted by atomic mass is 10.1. The van der Waals surface area contributed by atoms with Crippen LogP contribution in [0.5, 0.6) is 5.75 Å². The molecule has 4 nitrogen and oxygen atoms in total. The van der Waals surface area contributed by atoms with Gasteiger partial charge in [-0.15, -0.1) is 0 Å². The van der Waals surface area contributed by atoms with E-state index in [4.69, 9.17) is 16.7 Å². The highest BCUT2D eigenvalue weighted by Crippen LogP contribution is 2.30. The predicted molar refractivity (Wildman–Crippen MR) is 65.0 cm³/mol. The van der Waals surface area contributed by atoms with E-state index >= 15 is 0 Å². The van der Waals surface area contributed by atoms with Gasteiger partial charge in [-0.3, -0.25) is 4.40 Å². The van der Waals surface area contributed by atoms with E-state index in [0.717, 1.165) is 6.07 Å². The van der Waals surface area contributed by atoms with Gasteiger partial charge in [0.2, 0.25) is 5.82 Å². The fraction of sp³-hybridized carbons (Fsp3) is 0. The van der Waals surface area contributed by atoms with Crippen LogP contribution >= 0.6 is 11.6 Å². The number of halogens is 3. The van der Waals surface area contributed by atoms with Crippen molar-refractivity contribution in [2.45, 2.75) is 0 Å². The number of hydrogen-bond donors (Lipinski definition) is 1. The van der Waals surface area contributed by atoms with Gasteiger partial charge in [0, 0.05) is 18.0 Å². The van der Waals surface area contributed by atoms with E-state index in [1.54, 1.807) is 0 Å². The van der Waals surface area contributed by atoms with Crippen molar-refractivity contribution in [2.24, 2.45) is 0 Å². The molecule has 0 saturated carbocycles. The molecule has 0 atom stereocenters. The van der Waals surface area contributed by atoms with Gasteiger partial charge in [-0.1, -0.05) is 11.6 Å². The number of fused-ring (bicyclic) bond motifs is 1. The molecule has 2 aromatic heterocycles. The van der Waals surface area contributed by atoms with Crippen LogP contribution in [-0.4, -0.2) is 19.5 Å². The summed E-state index contributed by atoms with van der Waals surface area (Å²) in [5, 5.41) is 9.27. The molecule has 19 heavy (non-hydrogen) atoms. The number of phenolic OH excluding ortho intramolecular Hbond substituents is 1. The van der Waals surface area contributed by atoms with Gasteiger partial charge in [-0.25, -0.2) is 14.4 Å². The number of phenols is 1. The molecule has 1 aromatic carbocycles. The third kappa shape index (κ3) is 1.72. The smallest absolute Gasteiger partial charge is 0.201 e. The fourth-order valence-corrected chi connectivity index (χ4v) is 2.02. The van der Waals surface area contributed by atoms with Gasteiger partial charge in [0.1, 0.15) is 0 Å². The molecular formula is C12H6ClF2N3O. The predicted octanol–water partition coefficient (Wildman–Crippen LogP) is 3.03. The van der Waals surface area contributed by atoms with Gasteiger partial charge in [0.25, 0.3) is 0 Å². The van der Waals surface area contributed by atoms with E-state index in [9.17, 15) is 8.78 Å². The summed E-state index contributed by atoms with van der Waals surface area (Å²) in [7, 11) is 0. The molecule has 0 unspecified atom stereocenters. The number of hydrogen-bond acceptors (Lipinski definition) is 3. The van der Waals surface area contributed by atoms with Gasteiger partial charge >= 0.3 is 0 Å². The molecule has 0 aliphatic carbocycles. The van der Waals surface area contributed by atoms with E-state index in [-0.39, 0.29) is 10.7 Å². The molecule has 0 aliphatic rings. The number of nitrogens with zero attached hydrogens (tertiary/aromatic N) is 3. The Morgan fingerprint density at radius 2 is 1.95 bits per heavy atom. The second-order valence-corrected chi connectivity index (χ2v) is 4.17. The van der Waals surface area contributed by atoms with Gasteiger partial charge in [0.15, 0.2) is 22.4 Å². The van der Waals surface area contributed by atoms with Crippen LogP contribution in [0.3, 0.4) is 0 Å². The molecule has 96 valence electrons. The molecule has 0 spiro atoms. The summed E-state index contributed by atoms with van der Waals surface area (Å²) in [5.41, 5.74) is 0.632. The molecule has 0 fully saturated rings. The molecule has 0 aliphatic heterocycles. The average molecular weight is 282 g/mol. The Morgan fingerprint density at radius 1 is 1.16 bits per heavy atom. The highest BCUT2D eigenvalue weighted by Gasteiger charge is 2.17. The van der Waals surface area contributed by atoms with E-state index in [1.807, 2.05) is 0 Å². The van der Waals surface area contributed by atoms with Crippen molar-refractivity contribution < 1.29 is 13.9 Å². The summed E-state index contributed by atoms with van der Waals surface area (Å²) < 4.78 is 28.7. The summed E-state index contributed by atoms with van der Waals surface area (Å²) >= 11 is 5.85. The van der Waals surface area contributed by atoms with E-state index in [0.29, 0.717) is 11.3 Å². The van der Waals surface area contributed by atoms with Crippen LogP contribution in [0, 0.1) is 11.6 Å². The summed E-state index contributed by atoms with van der Waals surface area (Å²) in [6, 6.07) is 2.35. The average Bonchev–Trinajstić information content (AvgIpc) is 2.82. The Bertz CT molecular complexity index is 788. The Morgan fingerprint density at radius 3 is 2.74 bits per heavy atom. The zero-order valence-corrected chi connectivity index (χ0v) is 10.1. The van der Waals surface area contributed by atoms with Crippen LogP contribution in [0.25, 0.3) is 16.9 Å². The molecule has 3 rings (SSSR count). The lowest BCUT2D eigenvalue weighted by molar-refractivity contribution is 0.408. The minimum Gasteiger partial charge on any atom is -0.505 e. The minimum absolute atomic E-state index is 0.0231. The first-order valence-corrected chi connectivity index (χ1v) is 5.62. The molecular weight excluding hydrogens is 276 g/mol. The lowest BCUT2D eigenvalue weighted by Crippen LogP contribution is -1.94. The molecule has 1 N–H and O–H groups in total. The van der Waals surface area contributed by atoms with Crippen LogP contribution < -0.4 is 0 Å². The van der Waals surface area contributed by atoms with E-state index in [2.05, 4.69) is 9.97 Å². The van der Waals surface area contributed by atoms with Gasteiger partial charge < -0.3 is 5.11 Å². The molecule has 0 radical (unpaired) electrons. The lowest BCUT2D eigenvalue weighted by Gasteiger charge is -2.05.